The Kier molecular flexibility index (Phi) is 4.12. The van der Waals surface area contributed by atoms with Gasteiger partial charge in [0.15, 0.2) is 0 Å². The predicted molar refractivity (Wildman–Crippen MR) is 71.1 cm³/mol. The fraction of sp³-hybridized carbons (Fsp3) is 0.200. The molecular weight excluding hydrogens is 248 g/mol. The second kappa shape index (κ2) is 5.80. The molecule has 2 aromatic carbocycles. The van der Waals surface area contributed by atoms with Crippen molar-refractivity contribution in [3.05, 3.63) is 53.6 Å². The van der Waals surface area contributed by atoms with Crippen LogP contribution in [0.25, 0.3) is 11.1 Å². The maximum Gasteiger partial charge on any atom is 0.133 e. The highest BCUT2D eigenvalue weighted by molar-refractivity contribution is 5.66. The molecule has 0 saturated carbocycles. The van der Waals surface area contributed by atoms with Gasteiger partial charge in [-0.15, -0.1) is 0 Å². The highest BCUT2D eigenvalue weighted by Gasteiger charge is 2.08. The van der Waals surface area contributed by atoms with Crippen LogP contribution in [0.4, 0.5) is 8.78 Å². The van der Waals surface area contributed by atoms with Gasteiger partial charge < -0.3 is 10.5 Å². The third-order valence-corrected chi connectivity index (χ3v) is 2.79. The molecule has 0 unspecified atom stereocenters. The maximum atomic E-state index is 13.7. The van der Waals surface area contributed by atoms with Gasteiger partial charge in [-0.3, -0.25) is 0 Å². The number of halogens is 2. The molecule has 0 aliphatic rings. The summed E-state index contributed by atoms with van der Waals surface area (Å²) in [5.41, 5.74) is 7.32. The number of hydrogen-bond donors (Lipinski definition) is 1. The predicted octanol–water partition coefficient (Wildman–Crippen LogP) is 3.28. The van der Waals surface area contributed by atoms with Gasteiger partial charge in [-0.05, 0) is 42.3 Å². The van der Waals surface area contributed by atoms with Crippen LogP contribution in [0.1, 0.15) is 5.56 Å². The van der Waals surface area contributed by atoms with Crippen LogP contribution >= 0.6 is 0 Å². The standard InChI is InChI=1S/C15H15F2NO/c1-10-8-11(2-5-15(10)19-7-6-18)13-4-3-12(16)9-14(13)17/h2-5,8-9H,6-7,18H2,1H3. The van der Waals surface area contributed by atoms with E-state index in [9.17, 15) is 8.78 Å². The molecule has 0 amide bonds. The highest BCUT2D eigenvalue weighted by Crippen LogP contribution is 2.28. The summed E-state index contributed by atoms with van der Waals surface area (Å²) in [6.45, 7) is 2.75. The molecule has 100 valence electrons. The van der Waals surface area contributed by atoms with Gasteiger partial charge in [-0.1, -0.05) is 6.07 Å². The minimum atomic E-state index is -0.583. The molecule has 0 atom stereocenters. The van der Waals surface area contributed by atoms with Gasteiger partial charge in [0.25, 0.3) is 0 Å². The summed E-state index contributed by atoms with van der Waals surface area (Å²) in [5, 5.41) is 0. The van der Waals surface area contributed by atoms with E-state index in [4.69, 9.17) is 10.5 Å². The molecule has 0 radical (unpaired) electrons. The second-order valence-electron chi connectivity index (χ2n) is 4.24. The first-order valence-electron chi connectivity index (χ1n) is 6.01. The summed E-state index contributed by atoms with van der Waals surface area (Å²) < 4.78 is 32.0. The van der Waals surface area contributed by atoms with Crippen LogP contribution in [0.5, 0.6) is 5.75 Å². The molecule has 2 nitrogen and oxygen atoms in total. The zero-order chi connectivity index (χ0) is 13.8. The van der Waals surface area contributed by atoms with Crippen molar-refractivity contribution in [2.24, 2.45) is 5.73 Å². The van der Waals surface area contributed by atoms with E-state index in [1.54, 1.807) is 12.1 Å². The minimum absolute atomic E-state index is 0.370. The van der Waals surface area contributed by atoms with Crippen molar-refractivity contribution in [2.45, 2.75) is 6.92 Å². The zero-order valence-corrected chi connectivity index (χ0v) is 10.6. The average Bonchev–Trinajstić information content (AvgIpc) is 2.37. The van der Waals surface area contributed by atoms with E-state index in [1.807, 2.05) is 13.0 Å². The molecule has 2 N–H and O–H groups in total. The summed E-state index contributed by atoms with van der Waals surface area (Å²) in [7, 11) is 0. The third kappa shape index (κ3) is 3.09. The van der Waals surface area contributed by atoms with Crippen molar-refractivity contribution in [1.29, 1.82) is 0 Å². The molecule has 0 aliphatic heterocycles. The molecule has 0 saturated heterocycles. The van der Waals surface area contributed by atoms with E-state index < -0.39 is 11.6 Å². The molecule has 19 heavy (non-hydrogen) atoms. The van der Waals surface area contributed by atoms with E-state index >= 15 is 0 Å². The van der Waals surface area contributed by atoms with Gasteiger partial charge in [0.1, 0.15) is 24.0 Å². The van der Waals surface area contributed by atoms with Gasteiger partial charge in [-0.25, -0.2) is 8.78 Å². The lowest BCUT2D eigenvalue weighted by molar-refractivity contribution is 0.326. The number of hydrogen-bond acceptors (Lipinski definition) is 2. The molecule has 2 aromatic rings. The Morgan fingerprint density at radius 1 is 1.11 bits per heavy atom. The van der Waals surface area contributed by atoms with E-state index in [0.29, 0.717) is 24.3 Å². The SMILES string of the molecule is Cc1cc(-c2ccc(F)cc2F)ccc1OCCN. The number of benzene rings is 2. The van der Waals surface area contributed by atoms with Crippen molar-refractivity contribution in [2.75, 3.05) is 13.2 Å². The lowest BCUT2D eigenvalue weighted by Gasteiger charge is -2.10. The van der Waals surface area contributed by atoms with Gasteiger partial charge in [0, 0.05) is 18.2 Å². The number of rotatable bonds is 4. The van der Waals surface area contributed by atoms with Crippen molar-refractivity contribution in [1.82, 2.24) is 0 Å². The number of ether oxygens (including phenoxy) is 1. The first-order chi connectivity index (χ1) is 9.11. The molecule has 0 aliphatic carbocycles. The van der Waals surface area contributed by atoms with Crippen LogP contribution < -0.4 is 10.5 Å². The van der Waals surface area contributed by atoms with E-state index in [-0.39, 0.29) is 0 Å². The summed E-state index contributed by atoms with van der Waals surface area (Å²) in [5.74, 6) is -0.437. The van der Waals surface area contributed by atoms with Crippen LogP contribution in [0.2, 0.25) is 0 Å². The van der Waals surface area contributed by atoms with Crippen LogP contribution in [-0.4, -0.2) is 13.2 Å². The molecule has 0 bridgehead atoms. The molecule has 0 aromatic heterocycles. The quantitative estimate of drug-likeness (QED) is 0.918. The second-order valence-corrected chi connectivity index (χ2v) is 4.24. The third-order valence-electron chi connectivity index (χ3n) is 2.79. The summed E-state index contributed by atoms with van der Waals surface area (Å²) in [4.78, 5) is 0. The Morgan fingerprint density at radius 3 is 2.53 bits per heavy atom. The van der Waals surface area contributed by atoms with Gasteiger partial charge in [0.05, 0.1) is 0 Å². The van der Waals surface area contributed by atoms with E-state index in [0.717, 1.165) is 17.4 Å². The normalized spacial score (nSPS) is 10.5. The fourth-order valence-corrected chi connectivity index (χ4v) is 1.87. The van der Waals surface area contributed by atoms with Gasteiger partial charge in [-0.2, -0.15) is 0 Å². The van der Waals surface area contributed by atoms with Crippen molar-refractivity contribution in [3.63, 3.8) is 0 Å². The maximum absolute atomic E-state index is 13.7. The van der Waals surface area contributed by atoms with Crippen molar-refractivity contribution >= 4 is 0 Å². The Hall–Kier alpha value is -1.94. The summed E-state index contributed by atoms with van der Waals surface area (Å²) >= 11 is 0. The first-order valence-corrected chi connectivity index (χ1v) is 6.01. The minimum Gasteiger partial charge on any atom is -0.492 e. The van der Waals surface area contributed by atoms with E-state index in [2.05, 4.69) is 0 Å². The Balaban J connectivity index is 2.33. The topological polar surface area (TPSA) is 35.2 Å². The van der Waals surface area contributed by atoms with Crippen LogP contribution in [0.15, 0.2) is 36.4 Å². The largest absolute Gasteiger partial charge is 0.492 e. The van der Waals surface area contributed by atoms with E-state index in [1.165, 1.54) is 12.1 Å². The molecule has 0 fully saturated rings. The van der Waals surface area contributed by atoms with Gasteiger partial charge >= 0.3 is 0 Å². The smallest absolute Gasteiger partial charge is 0.133 e. The number of nitrogens with two attached hydrogens (primary N) is 1. The van der Waals surface area contributed by atoms with Gasteiger partial charge in [0.2, 0.25) is 0 Å². The van der Waals surface area contributed by atoms with Crippen molar-refractivity contribution in [3.8, 4) is 16.9 Å². The van der Waals surface area contributed by atoms with Crippen LogP contribution in [-0.2, 0) is 0 Å². The van der Waals surface area contributed by atoms with Crippen LogP contribution in [0, 0.1) is 18.6 Å². The molecule has 0 spiro atoms. The molecular formula is C15H15F2NO. The first kappa shape index (κ1) is 13.5. The Bertz CT molecular complexity index is 584. The fourth-order valence-electron chi connectivity index (χ4n) is 1.87. The monoisotopic (exact) mass is 263 g/mol. The lowest BCUT2D eigenvalue weighted by atomic mass is 10.0. The zero-order valence-electron chi connectivity index (χ0n) is 10.6. The van der Waals surface area contributed by atoms with Crippen LogP contribution in [0.3, 0.4) is 0 Å². The molecule has 0 heterocycles. The highest BCUT2D eigenvalue weighted by atomic mass is 19.1. The summed E-state index contributed by atoms with van der Waals surface area (Å²) in [6.07, 6.45) is 0. The summed E-state index contributed by atoms with van der Waals surface area (Å²) in [6, 6.07) is 8.87. The van der Waals surface area contributed by atoms with Crippen molar-refractivity contribution < 1.29 is 13.5 Å². The molecule has 4 heteroatoms. The average molecular weight is 263 g/mol. The Labute approximate surface area is 110 Å². The lowest BCUT2D eigenvalue weighted by Crippen LogP contribution is -2.11. The molecule has 2 rings (SSSR count). The number of aryl methyl sites for hydroxylation is 1. The Morgan fingerprint density at radius 2 is 1.89 bits per heavy atom.